The van der Waals surface area contributed by atoms with Gasteiger partial charge in [0.15, 0.2) is 6.10 Å². The molecule has 0 aromatic heterocycles. The molecule has 10 nitrogen and oxygen atoms in total. The molecule has 0 N–H and O–H groups in total. The molecule has 12 heteroatoms. The number of hydrogen-bond acceptors (Lipinski definition) is 9. The monoisotopic (exact) mass is 753 g/mol. The summed E-state index contributed by atoms with van der Waals surface area (Å²) in [6, 6.07) is 36.7. The number of methoxy groups -OCH3 is 1. The highest BCUT2D eigenvalue weighted by Crippen LogP contribution is 2.40. The largest absolute Gasteiger partial charge is 0.497 e. The highest BCUT2D eigenvalue weighted by molar-refractivity contribution is 7.99. The van der Waals surface area contributed by atoms with E-state index in [1.807, 2.05) is 91.0 Å². The predicted octanol–water partition coefficient (Wildman–Crippen LogP) is 7.63. The molecule has 278 valence electrons. The first-order valence-corrected chi connectivity index (χ1v) is 20.4. The van der Waals surface area contributed by atoms with E-state index in [0.29, 0.717) is 5.75 Å². The lowest BCUT2D eigenvalue weighted by Gasteiger charge is -2.47. The summed E-state index contributed by atoms with van der Waals surface area (Å²) in [5, 5.41) is 6.03. The van der Waals surface area contributed by atoms with Crippen LogP contribution in [0.3, 0.4) is 0 Å². The third kappa shape index (κ3) is 9.97. The quantitative estimate of drug-likeness (QED) is 0.0376. The molecule has 0 bridgehead atoms. The minimum absolute atomic E-state index is 0.0271. The fraction of sp³-hybridized carbons (Fsp3) is 0.366. The molecule has 1 aliphatic rings. The van der Waals surface area contributed by atoms with E-state index in [2.05, 4.69) is 55.1 Å². The van der Waals surface area contributed by atoms with Crippen LogP contribution in [0.5, 0.6) is 5.75 Å². The molecule has 1 fully saturated rings. The number of carbonyl (C=O) groups excluding carboxylic acids is 2. The van der Waals surface area contributed by atoms with Crippen LogP contribution in [0.1, 0.15) is 46.1 Å². The number of esters is 1. The van der Waals surface area contributed by atoms with Crippen molar-refractivity contribution in [2.45, 2.75) is 86.9 Å². The van der Waals surface area contributed by atoms with Crippen molar-refractivity contribution in [1.29, 1.82) is 0 Å². The van der Waals surface area contributed by atoms with E-state index in [0.717, 1.165) is 20.8 Å². The van der Waals surface area contributed by atoms with Crippen LogP contribution in [0.2, 0.25) is 5.04 Å². The van der Waals surface area contributed by atoms with Gasteiger partial charge >= 0.3 is 5.97 Å². The molecule has 4 aromatic carbocycles. The summed E-state index contributed by atoms with van der Waals surface area (Å²) in [6.07, 6.45) is -2.91. The Labute approximate surface area is 316 Å². The van der Waals surface area contributed by atoms with Gasteiger partial charge in [0.2, 0.25) is 0 Å². The van der Waals surface area contributed by atoms with E-state index in [1.54, 1.807) is 7.11 Å². The highest BCUT2D eigenvalue weighted by Gasteiger charge is 2.53. The van der Waals surface area contributed by atoms with E-state index < -0.39 is 44.1 Å². The van der Waals surface area contributed by atoms with Crippen molar-refractivity contribution >= 4 is 42.2 Å². The summed E-state index contributed by atoms with van der Waals surface area (Å²) in [5.74, 6) is -0.0212. The van der Waals surface area contributed by atoms with Crippen LogP contribution in [0.15, 0.2) is 125 Å². The molecule has 5 atom stereocenters. The zero-order valence-corrected chi connectivity index (χ0v) is 32.6. The van der Waals surface area contributed by atoms with E-state index in [1.165, 1.54) is 18.7 Å². The number of azide groups is 1. The van der Waals surface area contributed by atoms with Crippen molar-refractivity contribution in [1.82, 2.24) is 0 Å². The van der Waals surface area contributed by atoms with E-state index >= 15 is 0 Å². The van der Waals surface area contributed by atoms with E-state index in [9.17, 15) is 15.1 Å². The van der Waals surface area contributed by atoms with Crippen LogP contribution in [0.25, 0.3) is 10.4 Å². The summed E-state index contributed by atoms with van der Waals surface area (Å²) < 4.78 is 32.3. The Bertz CT molecular complexity index is 1780. The van der Waals surface area contributed by atoms with Crippen molar-refractivity contribution in [3.8, 4) is 5.75 Å². The number of Topliss-reactive ketones (excluding diaryl/α,β-unsaturated/α-hetero) is 1. The van der Waals surface area contributed by atoms with Gasteiger partial charge in [-0.25, -0.2) is 0 Å². The van der Waals surface area contributed by atoms with Crippen molar-refractivity contribution in [2.75, 3.05) is 13.7 Å². The van der Waals surface area contributed by atoms with Gasteiger partial charge in [0.05, 0.1) is 26.7 Å². The Morgan fingerprint density at radius 1 is 0.849 bits per heavy atom. The number of nitrogens with zero attached hydrogens (tertiary/aromatic N) is 3. The van der Waals surface area contributed by atoms with Gasteiger partial charge in [-0.2, -0.15) is 0 Å². The molecule has 0 spiro atoms. The first kappa shape index (κ1) is 39.8. The Kier molecular flexibility index (Phi) is 13.9. The molecule has 1 aliphatic heterocycles. The van der Waals surface area contributed by atoms with Gasteiger partial charge in [-0.1, -0.05) is 129 Å². The van der Waals surface area contributed by atoms with Crippen molar-refractivity contribution in [3.63, 3.8) is 0 Å². The van der Waals surface area contributed by atoms with Crippen LogP contribution in [-0.2, 0) is 34.8 Å². The van der Waals surface area contributed by atoms with E-state index in [-0.39, 0.29) is 36.9 Å². The van der Waals surface area contributed by atoms with Gasteiger partial charge in [-0.05, 0) is 57.7 Å². The van der Waals surface area contributed by atoms with Gasteiger partial charge in [-0.3, -0.25) is 4.79 Å². The summed E-state index contributed by atoms with van der Waals surface area (Å²) in [7, 11) is -1.47. The van der Waals surface area contributed by atoms with Crippen molar-refractivity contribution < 1.29 is 33.0 Å². The Morgan fingerprint density at radius 3 is 1.96 bits per heavy atom. The van der Waals surface area contributed by atoms with Crippen molar-refractivity contribution in [2.24, 2.45) is 5.11 Å². The number of benzene rings is 4. The van der Waals surface area contributed by atoms with Gasteiger partial charge in [-0.15, -0.1) is 0 Å². The second kappa shape index (κ2) is 18.6. The van der Waals surface area contributed by atoms with Gasteiger partial charge in [0.25, 0.3) is 8.32 Å². The molecule has 5 rings (SSSR count). The maximum atomic E-state index is 13.5. The average molecular weight is 754 g/mol. The minimum atomic E-state index is -3.07. The van der Waals surface area contributed by atoms with Crippen molar-refractivity contribution in [3.05, 3.63) is 131 Å². The van der Waals surface area contributed by atoms with Crippen LogP contribution < -0.4 is 15.1 Å². The zero-order valence-electron chi connectivity index (χ0n) is 30.8. The van der Waals surface area contributed by atoms with Gasteiger partial charge < -0.3 is 28.2 Å². The minimum Gasteiger partial charge on any atom is -0.497 e. The molecule has 1 heterocycles. The van der Waals surface area contributed by atoms with E-state index in [4.69, 9.17) is 23.4 Å². The lowest BCUT2D eigenvalue weighted by molar-refractivity contribution is -0.206. The predicted molar refractivity (Wildman–Crippen MR) is 209 cm³/mol. The topological polar surface area (TPSA) is 129 Å². The second-order valence-corrected chi connectivity index (χ2v) is 19.4. The maximum absolute atomic E-state index is 13.5. The highest BCUT2D eigenvalue weighted by atomic mass is 32.2. The lowest BCUT2D eigenvalue weighted by Crippen LogP contribution is -2.68. The Hall–Kier alpha value is -4.42. The average Bonchev–Trinajstić information content (AvgIpc) is 3.16. The standard InChI is InChI=1S/C41H47N3O7SSi/c1-29(45)21-26-36(46)51-38-35(28-49-53(41(2,3)4,33-17-11-7-12-18-33)34-19-13-8-14-20-34)50-40(52-32-15-9-6-10-16-32)37(43-44-42)39(38)48-27-30-22-24-31(47-5)25-23-30/h6-20,22-25,35,37-40H,21,26-28H2,1-5H3/t35-,37-,38-,39-,40?/m1/s1. The van der Waals surface area contributed by atoms with Crippen LogP contribution >= 0.6 is 11.8 Å². The molecule has 4 aromatic rings. The molecule has 1 saturated heterocycles. The summed E-state index contributed by atoms with van der Waals surface area (Å²) in [6.45, 7) is 8.15. The molecular weight excluding hydrogens is 707 g/mol. The third-order valence-corrected chi connectivity index (χ3v) is 15.4. The fourth-order valence-corrected chi connectivity index (χ4v) is 12.3. The maximum Gasteiger partial charge on any atom is 0.306 e. The fourth-order valence-electron chi connectivity index (χ4n) is 6.64. The number of ketones is 1. The van der Waals surface area contributed by atoms with Gasteiger partial charge in [0, 0.05) is 16.2 Å². The summed E-state index contributed by atoms with van der Waals surface area (Å²) >= 11 is 1.40. The number of carbonyl (C=O) groups is 2. The zero-order chi connectivity index (χ0) is 37.8. The normalized spacial score (nSPS) is 20.2. The van der Waals surface area contributed by atoms with Gasteiger partial charge in [0.1, 0.15) is 35.2 Å². The molecule has 0 saturated carbocycles. The van der Waals surface area contributed by atoms with Crippen LogP contribution in [0, 0.1) is 0 Å². The molecule has 0 amide bonds. The Morgan fingerprint density at radius 2 is 1.43 bits per heavy atom. The summed E-state index contributed by atoms with van der Waals surface area (Å²) in [4.78, 5) is 29.4. The van der Waals surface area contributed by atoms with Crippen LogP contribution in [-0.4, -0.2) is 63.6 Å². The number of thioether (sulfide) groups is 1. The third-order valence-electron chi connectivity index (χ3n) is 9.23. The first-order valence-electron chi connectivity index (χ1n) is 17.7. The summed E-state index contributed by atoms with van der Waals surface area (Å²) in [5.41, 5.74) is 9.97. The lowest BCUT2D eigenvalue weighted by atomic mass is 9.97. The number of rotatable bonds is 16. The molecule has 53 heavy (non-hydrogen) atoms. The smallest absolute Gasteiger partial charge is 0.306 e. The number of hydrogen-bond donors (Lipinski definition) is 0. The number of ether oxygens (including phenoxy) is 4. The van der Waals surface area contributed by atoms with Crippen LogP contribution in [0.4, 0.5) is 0 Å². The molecule has 0 radical (unpaired) electrons. The first-order chi connectivity index (χ1) is 25.6. The molecule has 0 aliphatic carbocycles. The molecule has 1 unspecified atom stereocenters. The molecular formula is C41H47N3O7SSi. The second-order valence-electron chi connectivity index (χ2n) is 13.9. The SMILES string of the molecule is COc1ccc(CO[C@H]2[C@H](OC(=O)CCC(C)=O)[C@@H](CO[Si](c3ccccc3)(c3ccccc3)C(C)(C)C)OC(Sc3ccccc3)[C@@H]2N=[N+]=[N-])cc1. The Balaban J connectivity index is 1.59.